The molecule has 2 aromatic rings. The van der Waals surface area contributed by atoms with E-state index in [1.165, 1.54) is 18.3 Å². The second kappa shape index (κ2) is 5.40. The molecule has 6 nitrogen and oxygen atoms in total. The number of nitrogens with zero attached hydrogens (tertiary/aromatic N) is 1. The van der Waals surface area contributed by atoms with Crippen molar-refractivity contribution in [3.05, 3.63) is 53.3 Å². The van der Waals surface area contributed by atoms with E-state index in [9.17, 15) is 14.7 Å². The number of phenolic OH excluding ortho intramolecular Hbond substituents is 1. The van der Waals surface area contributed by atoms with Gasteiger partial charge in [-0.25, -0.2) is 4.79 Å². The van der Waals surface area contributed by atoms with Crippen LogP contribution in [0.2, 0.25) is 0 Å². The highest BCUT2D eigenvalue weighted by Crippen LogP contribution is 2.24. The Morgan fingerprint density at radius 2 is 1.90 bits per heavy atom. The lowest BCUT2D eigenvalue weighted by atomic mass is 10.1. The first kappa shape index (κ1) is 13.5. The van der Waals surface area contributed by atoms with Gasteiger partial charge in [-0.15, -0.1) is 0 Å². The SMILES string of the molecule is Cc1cncc(C(=O)Nc2ccc(C(=O)O)cc2O)c1. The molecule has 1 amide bonds. The average Bonchev–Trinajstić information content (AvgIpc) is 2.40. The minimum Gasteiger partial charge on any atom is -0.506 e. The summed E-state index contributed by atoms with van der Waals surface area (Å²) in [5, 5.41) is 21.0. The number of aromatic nitrogens is 1. The molecule has 0 atom stereocenters. The van der Waals surface area contributed by atoms with Crippen LogP contribution in [0.3, 0.4) is 0 Å². The summed E-state index contributed by atoms with van der Waals surface area (Å²) in [5.41, 5.74) is 1.27. The first-order valence-electron chi connectivity index (χ1n) is 5.76. The van der Waals surface area contributed by atoms with Crippen molar-refractivity contribution in [2.24, 2.45) is 0 Å². The van der Waals surface area contributed by atoms with Gasteiger partial charge in [-0.1, -0.05) is 0 Å². The molecule has 3 N–H and O–H groups in total. The molecule has 0 saturated carbocycles. The van der Waals surface area contributed by atoms with E-state index in [1.807, 2.05) is 6.92 Å². The second-order valence-corrected chi connectivity index (χ2v) is 4.24. The minimum atomic E-state index is -1.15. The highest BCUT2D eigenvalue weighted by atomic mass is 16.4. The Morgan fingerprint density at radius 3 is 2.50 bits per heavy atom. The van der Waals surface area contributed by atoms with Gasteiger partial charge in [-0.05, 0) is 36.8 Å². The number of pyridine rings is 1. The Hall–Kier alpha value is -2.89. The number of rotatable bonds is 3. The third kappa shape index (κ3) is 2.92. The summed E-state index contributed by atoms with van der Waals surface area (Å²) in [6.07, 6.45) is 3.03. The van der Waals surface area contributed by atoms with Crippen molar-refractivity contribution in [1.82, 2.24) is 4.98 Å². The monoisotopic (exact) mass is 272 g/mol. The largest absolute Gasteiger partial charge is 0.506 e. The lowest BCUT2D eigenvalue weighted by Crippen LogP contribution is -2.12. The molecule has 1 aromatic heterocycles. The van der Waals surface area contributed by atoms with Crippen molar-refractivity contribution >= 4 is 17.6 Å². The molecule has 0 spiro atoms. The number of carboxylic acid groups (broad SMARTS) is 1. The molecule has 0 aliphatic rings. The van der Waals surface area contributed by atoms with Crippen LogP contribution in [0.1, 0.15) is 26.3 Å². The van der Waals surface area contributed by atoms with Crippen LogP contribution in [-0.2, 0) is 0 Å². The normalized spacial score (nSPS) is 10.1. The number of aromatic carboxylic acids is 1. The van der Waals surface area contributed by atoms with E-state index in [4.69, 9.17) is 5.11 Å². The predicted octanol–water partition coefficient (Wildman–Crippen LogP) is 2.05. The standard InChI is InChI=1S/C14H12N2O4/c1-8-4-10(7-15-6-8)13(18)16-11-3-2-9(14(19)20)5-12(11)17/h2-7,17H,1H3,(H,16,18)(H,19,20). The number of aryl methyl sites for hydroxylation is 1. The Balaban J connectivity index is 2.22. The Morgan fingerprint density at radius 1 is 1.15 bits per heavy atom. The Labute approximate surface area is 114 Å². The number of phenols is 1. The van der Waals surface area contributed by atoms with E-state index < -0.39 is 11.9 Å². The average molecular weight is 272 g/mol. The van der Waals surface area contributed by atoms with Crippen LogP contribution in [0.4, 0.5) is 5.69 Å². The summed E-state index contributed by atoms with van der Waals surface area (Å²) >= 11 is 0. The fourth-order valence-electron chi connectivity index (χ4n) is 1.64. The zero-order valence-electron chi connectivity index (χ0n) is 10.6. The van der Waals surface area contributed by atoms with Crippen LogP contribution in [0.25, 0.3) is 0 Å². The molecule has 6 heteroatoms. The number of hydrogen-bond donors (Lipinski definition) is 3. The van der Waals surface area contributed by atoms with Crippen molar-refractivity contribution in [1.29, 1.82) is 0 Å². The van der Waals surface area contributed by atoms with E-state index in [0.717, 1.165) is 11.6 Å². The fraction of sp³-hybridized carbons (Fsp3) is 0.0714. The number of hydrogen-bond acceptors (Lipinski definition) is 4. The van der Waals surface area contributed by atoms with Crippen molar-refractivity contribution in [3.8, 4) is 5.75 Å². The molecule has 0 aliphatic heterocycles. The maximum atomic E-state index is 12.0. The first-order valence-corrected chi connectivity index (χ1v) is 5.76. The number of aromatic hydroxyl groups is 1. The van der Waals surface area contributed by atoms with Gasteiger partial charge in [-0.3, -0.25) is 9.78 Å². The number of nitrogens with one attached hydrogen (secondary N) is 1. The number of carbonyl (C=O) groups excluding carboxylic acids is 1. The van der Waals surface area contributed by atoms with Crippen molar-refractivity contribution < 1.29 is 19.8 Å². The van der Waals surface area contributed by atoms with E-state index in [2.05, 4.69) is 10.3 Å². The number of benzene rings is 1. The van der Waals surface area contributed by atoms with Gasteiger partial charge < -0.3 is 15.5 Å². The van der Waals surface area contributed by atoms with Crippen molar-refractivity contribution in [2.75, 3.05) is 5.32 Å². The molecule has 0 unspecified atom stereocenters. The summed E-state index contributed by atoms with van der Waals surface area (Å²) in [6.45, 7) is 1.81. The first-order chi connectivity index (χ1) is 9.47. The van der Waals surface area contributed by atoms with E-state index in [1.54, 1.807) is 12.3 Å². The third-order valence-corrected chi connectivity index (χ3v) is 2.63. The van der Waals surface area contributed by atoms with Crippen LogP contribution in [0, 0.1) is 6.92 Å². The molecule has 1 heterocycles. The van der Waals surface area contributed by atoms with Gasteiger partial charge in [0.2, 0.25) is 0 Å². The lowest BCUT2D eigenvalue weighted by Gasteiger charge is -2.08. The Bertz CT molecular complexity index is 683. The summed E-state index contributed by atoms with van der Waals surface area (Å²) in [5.74, 6) is -1.89. The molecule has 102 valence electrons. The van der Waals surface area contributed by atoms with Gasteiger partial charge in [0.15, 0.2) is 0 Å². The summed E-state index contributed by atoms with van der Waals surface area (Å²) in [4.78, 5) is 26.6. The van der Waals surface area contributed by atoms with E-state index in [-0.39, 0.29) is 17.0 Å². The molecular weight excluding hydrogens is 260 g/mol. The smallest absolute Gasteiger partial charge is 0.335 e. The fourth-order valence-corrected chi connectivity index (χ4v) is 1.64. The van der Waals surface area contributed by atoms with Crippen LogP contribution in [-0.4, -0.2) is 27.1 Å². The van der Waals surface area contributed by atoms with Crippen LogP contribution in [0.5, 0.6) is 5.75 Å². The quantitative estimate of drug-likeness (QED) is 0.742. The van der Waals surface area contributed by atoms with Gasteiger partial charge in [-0.2, -0.15) is 0 Å². The van der Waals surface area contributed by atoms with Gasteiger partial charge >= 0.3 is 5.97 Å². The second-order valence-electron chi connectivity index (χ2n) is 4.24. The van der Waals surface area contributed by atoms with Crippen LogP contribution in [0.15, 0.2) is 36.7 Å². The number of carboxylic acids is 1. The van der Waals surface area contributed by atoms with Crippen molar-refractivity contribution in [3.63, 3.8) is 0 Å². The zero-order chi connectivity index (χ0) is 14.7. The number of amides is 1. The molecule has 0 bridgehead atoms. The molecule has 2 rings (SSSR count). The summed E-state index contributed by atoms with van der Waals surface area (Å²) < 4.78 is 0. The third-order valence-electron chi connectivity index (χ3n) is 2.63. The van der Waals surface area contributed by atoms with E-state index >= 15 is 0 Å². The van der Waals surface area contributed by atoms with Gasteiger partial charge in [0.25, 0.3) is 5.91 Å². The molecule has 1 aromatic carbocycles. The Kier molecular flexibility index (Phi) is 3.65. The van der Waals surface area contributed by atoms with E-state index in [0.29, 0.717) is 5.56 Å². The van der Waals surface area contributed by atoms with Crippen LogP contribution < -0.4 is 5.32 Å². The molecule has 0 aliphatic carbocycles. The maximum absolute atomic E-state index is 12.0. The molecule has 0 saturated heterocycles. The van der Waals surface area contributed by atoms with Gasteiger partial charge in [0.1, 0.15) is 5.75 Å². The minimum absolute atomic E-state index is 0.0577. The number of anilines is 1. The lowest BCUT2D eigenvalue weighted by molar-refractivity contribution is 0.0696. The zero-order valence-corrected chi connectivity index (χ0v) is 10.6. The van der Waals surface area contributed by atoms with Gasteiger partial charge in [0.05, 0.1) is 16.8 Å². The maximum Gasteiger partial charge on any atom is 0.335 e. The predicted molar refractivity (Wildman–Crippen MR) is 72.0 cm³/mol. The number of carbonyl (C=O) groups is 2. The highest BCUT2D eigenvalue weighted by Gasteiger charge is 2.11. The van der Waals surface area contributed by atoms with Crippen molar-refractivity contribution in [2.45, 2.75) is 6.92 Å². The molecular formula is C14H12N2O4. The molecule has 0 radical (unpaired) electrons. The summed E-state index contributed by atoms with van der Waals surface area (Å²) in [6, 6.07) is 5.36. The van der Waals surface area contributed by atoms with Crippen LogP contribution >= 0.6 is 0 Å². The molecule has 20 heavy (non-hydrogen) atoms. The summed E-state index contributed by atoms with van der Waals surface area (Å²) in [7, 11) is 0. The molecule has 0 fully saturated rings. The highest BCUT2D eigenvalue weighted by molar-refractivity contribution is 6.05. The topological polar surface area (TPSA) is 99.5 Å². The van der Waals surface area contributed by atoms with Gasteiger partial charge in [0, 0.05) is 12.4 Å².